The summed E-state index contributed by atoms with van der Waals surface area (Å²) in [4.78, 5) is 13.2. The van der Waals surface area contributed by atoms with Gasteiger partial charge in [-0.1, -0.05) is 0 Å². The van der Waals surface area contributed by atoms with E-state index in [1.807, 2.05) is 6.92 Å². The van der Waals surface area contributed by atoms with Crippen molar-refractivity contribution in [1.29, 1.82) is 0 Å². The van der Waals surface area contributed by atoms with Crippen LogP contribution in [0.15, 0.2) is 0 Å². The summed E-state index contributed by atoms with van der Waals surface area (Å²) in [6.07, 6.45) is 1.65. The summed E-state index contributed by atoms with van der Waals surface area (Å²) in [7, 11) is 3.41. The van der Waals surface area contributed by atoms with Crippen molar-refractivity contribution in [2.75, 3.05) is 20.7 Å². The summed E-state index contributed by atoms with van der Waals surface area (Å²) in [5.41, 5.74) is 0. The van der Waals surface area contributed by atoms with Crippen LogP contribution in [-0.2, 0) is 9.53 Å². The molecule has 0 saturated carbocycles. The smallest absolute Gasteiger partial charge is 0.222 e. The number of methoxy groups -OCH3 is 1. The van der Waals surface area contributed by atoms with Crippen LogP contribution in [0.5, 0.6) is 0 Å². The van der Waals surface area contributed by atoms with E-state index in [1.165, 1.54) is 0 Å². The lowest BCUT2D eigenvalue weighted by Crippen LogP contribution is -2.29. The second kappa shape index (κ2) is 7.65. The molecular weight excluding hydrogens is 194 g/mol. The Kier molecular flexibility index (Phi) is 7.34. The lowest BCUT2D eigenvalue weighted by molar-refractivity contribution is -0.130. The molecule has 0 radical (unpaired) electrons. The predicted octanol–water partition coefficient (Wildman–Crippen LogP) is 1.03. The minimum atomic E-state index is -0.349. The van der Waals surface area contributed by atoms with Gasteiger partial charge < -0.3 is 14.7 Å². The van der Waals surface area contributed by atoms with Gasteiger partial charge in [0.15, 0.2) is 0 Å². The molecule has 0 heterocycles. The van der Waals surface area contributed by atoms with Gasteiger partial charge in [-0.2, -0.15) is 0 Å². The molecule has 0 aromatic carbocycles. The van der Waals surface area contributed by atoms with E-state index in [-0.39, 0.29) is 18.1 Å². The number of carbonyl (C=O) groups is 1. The topological polar surface area (TPSA) is 49.8 Å². The van der Waals surface area contributed by atoms with Crippen molar-refractivity contribution in [3.63, 3.8) is 0 Å². The molecule has 0 saturated heterocycles. The molecular formula is C11H23NO3. The summed E-state index contributed by atoms with van der Waals surface area (Å²) in [6.45, 7) is 4.28. The van der Waals surface area contributed by atoms with Crippen molar-refractivity contribution in [2.45, 2.75) is 45.3 Å². The van der Waals surface area contributed by atoms with Crippen molar-refractivity contribution < 1.29 is 14.6 Å². The van der Waals surface area contributed by atoms with Crippen molar-refractivity contribution in [2.24, 2.45) is 0 Å². The molecule has 1 N–H and O–H groups in total. The summed E-state index contributed by atoms with van der Waals surface area (Å²) < 4.78 is 5.07. The van der Waals surface area contributed by atoms with Crippen LogP contribution < -0.4 is 0 Å². The van der Waals surface area contributed by atoms with Crippen LogP contribution in [0, 0.1) is 0 Å². The monoisotopic (exact) mass is 217 g/mol. The lowest BCUT2D eigenvalue weighted by atomic mass is 10.2. The van der Waals surface area contributed by atoms with Crippen molar-refractivity contribution >= 4 is 5.91 Å². The Bertz CT molecular complexity index is 183. The first-order chi connectivity index (χ1) is 6.97. The fraction of sp³-hybridized carbons (Fsp3) is 0.909. The molecule has 4 nitrogen and oxygen atoms in total. The van der Waals surface area contributed by atoms with E-state index in [2.05, 4.69) is 0 Å². The molecule has 0 aliphatic heterocycles. The normalized spacial score (nSPS) is 14.7. The highest BCUT2D eigenvalue weighted by Crippen LogP contribution is 2.03. The molecule has 0 aliphatic carbocycles. The van der Waals surface area contributed by atoms with E-state index < -0.39 is 0 Å². The van der Waals surface area contributed by atoms with Crippen LogP contribution in [0.1, 0.15) is 33.1 Å². The molecule has 0 aromatic rings. The second-order valence-electron chi connectivity index (χ2n) is 4.04. The number of aliphatic hydroxyl groups is 1. The van der Waals surface area contributed by atoms with Crippen molar-refractivity contribution in [3.8, 4) is 0 Å². The van der Waals surface area contributed by atoms with E-state index in [4.69, 9.17) is 9.84 Å². The first kappa shape index (κ1) is 14.4. The third-order valence-corrected chi connectivity index (χ3v) is 2.48. The molecule has 0 spiro atoms. The predicted molar refractivity (Wildman–Crippen MR) is 59.6 cm³/mol. The van der Waals surface area contributed by atoms with Crippen molar-refractivity contribution in [3.05, 3.63) is 0 Å². The Balaban J connectivity index is 3.69. The van der Waals surface area contributed by atoms with Crippen LogP contribution >= 0.6 is 0 Å². The Morgan fingerprint density at radius 2 is 2.00 bits per heavy atom. The number of nitrogens with zero attached hydrogens (tertiary/aromatic N) is 1. The van der Waals surface area contributed by atoms with Gasteiger partial charge in [0.05, 0.1) is 12.2 Å². The van der Waals surface area contributed by atoms with Gasteiger partial charge in [0.1, 0.15) is 0 Å². The number of amides is 1. The first-order valence-corrected chi connectivity index (χ1v) is 5.42. The number of hydrogen-bond donors (Lipinski definition) is 1. The van der Waals surface area contributed by atoms with Crippen LogP contribution in [-0.4, -0.2) is 48.8 Å². The summed E-state index contributed by atoms with van der Waals surface area (Å²) in [5, 5.41) is 9.08. The maximum absolute atomic E-state index is 11.6. The fourth-order valence-electron chi connectivity index (χ4n) is 1.14. The third-order valence-electron chi connectivity index (χ3n) is 2.48. The number of aliphatic hydroxyl groups excluding tert-OH is 1. The van der Waals surface area contributed by atoms with Crippen molar-refractivity contribution in [1.82, 2.24) is 4.90 Å². The fourth-order valence-corrected chi connectivity index (χ4v) is 1.14. The molecule has 0 fully saturated rings. The molecule has 15 heavy (non-hydrogen) atoms. The maximum Gasteiger partial charge on any atom is 0.222 e. The molecule has 2 atom stereocenters. The molecule has 0 aromatic heterocycles. The van der Waals surface area contributed by atoms with Gasteiger partial charge in [0.25, 0.3) is 0 Å². The average molecular weight is 217 g/mol. The molecule has 90 valence electrons. The van der Waals surface area contributed by atoms with Gasteiger partial charge in [-0.15, -0.1) is 0 Å². The SMILES string of the molecule is COC(C)CCC(=O)N(C)CCC(C)O. The zero-order valence-electron chi connectivity index (χ0n) is 10.2. The Morgan fingerprint density at radius 1 is 1.40 bits per heavy atom. The zero-order chi connectivity index (χ0) is 11.8. The average Bonchev–Trinajstić information content (AvgIpc) is 2.21. The molecule has 1 amide bonds. The minimum absolute atomic E-state index is 0.111. The Hall–Kier alpha value is -0.610. The Labute approximate surface area is 92.2 Å². The van der Waals surface area contributed by atoms with Crippen LogP contribution in [0.2, 0.25) is 0 Å². The van der Waals surface area contributed by atoms with Gasteiger partial charge >= 0.3 is 0 Å². The molecule has 2 unspecified atom stereocenters. The highest BCUT2D eigenvalue weighted by molar-refractivity contribution is 5.75. The van der Waals surface area contributed by atoms with Crippen LogP contribution in [0.3, 0.4) is 0 Å². The summed E-state index contributed by atoms with van der Waals surface area (Å²) >= 11 is 0. The molecule has 0 bridgehead atoms. The minimum Gasteiger partial charge on any atom is -0.393 e. The highest BCUT2D eigenvalue weighted by atomic mass is 16.5. The van der Waals surface area contributed by atoms with E-state index >= 15 is 0 Å². The van der Waals surface area contributed by atoms with Gasteiger partial charge in [0, 0.05) is 27.1 Å². The van der Waals surface area contributed by atoms with E-state index in [0.29, 0.717) is 19.4 Å². The largest absolute Gasteiger partial charge is 0.393 e. The first-order valence-electron chi connectivity index (χ1n) is 5.42. The maximum atomic E-state index is 11.6. The van der Waals surface area contributed by atoms with Gasteiger partial charge in [-0.05, 0) is 26.7 Å². The summed E-state index contributed by atoms with van der Waals surface area (Å²) in [5.74, 6) is 0.111. The zero-order valence-corrected chi connectivity index (χ0v) is 10.2. The molecule has 0 aliphatic rings. The highest BCUT2D eigenvalue weighted by Gasteiger charge is 2.11. The number of rotatable bonds is 7. The van der Waals surface area contributed by atoms with Gasteiger partial charge in [-0.3, -0.25) is 4.79 Å². The van der Waals surface area contributed by atoms with Gasteiger partial charge in [-0.25, -0.2) is 0 Å². The summed E-state index contributed by atoms with van der Waals surface area (Å²) in [6, 6.07) is 0. The Morgan fingerprint density at radius 3 is 2.47 bits per heavy atom. The van der Waals surface area contributed by atoms with Gasteiger partial charge in [0.2, 0.25) is 5.91 Å². The number of hydrogen-bond acceptors (Lipinski definition) is 3. The van der Waals surface area contributed by atoms with E-state index in [9.17, 15) is 4.79 Å². The quantitative estimate of drug-likeness (QED) is 0.693. The molecule has 4 heteroatoms. The standard InChI is InChI=1S/C11H23NO3/c1-9(13)7-8-12(3)11(14)6-5-10(2)15-4/h9-10,13H,5-8H2,1-4H3. The van der Waals surface area contributed by atoms with E-state index in [1.54, 1.807) is 26.0 Å². The van der Waals surface area contributed by atoms with Crippen LogP contribution in [0.25, 0.3) is 0 Å². The molecule has 0 rings (SSSR count). The van der Waals surface area contributed by atoms with E-state index in [0.717, 1.165) is 6.42 Å². The number of carbonyl (C=O) groups excluding carboxylic acids is 1. The lowest BCUT2D eigenvalue weighted by Gasteiger charge is -2.18. The third kappa shape index (κ3) is 7.33. The second-order valence-corrected chi connectivity index (χ2v) is 4.04. The number of ether oxygens (including phenoxy) is 1. The van der Waals surface area contributed by atoms with Crippen LogP contribution in [0.4, 0.5) is 0 Å².